The summed E-state index contributed by atoms with van der Waals surface area (Å²) >= 11 is 3.21. The van der Waals surface area contributed by atoms with Crippen LogP contribution in [0.3, 0.4) is 0 Å². The molecule has 0 heterocycles. The van der Waals surface area contributed by atoms with E-state index in [1.54, 1.807) is 7.11 Å². The predicted molar refractivity (Wildman–Crippen MR) is 49.5 cm³/mol. The number of rotatable bonds is 2. The molecule has 0 saturated heterocycles. The molecule has 0 spiro atoms. The minimum absolute atomic E-state index is 0.0722. The molecule has 1 atom stereocenters. The largest absolute Gasteiger partial charge is 0.377 e. The molecule has 0 saturated carbocycles. The average Bonchev–Trinajstić information content (AvgIpc) is 2.01. The number of hydrogen-bond donors (Lipinski definition) is 0. The molecule has 1 aromatic carbocycles. The highest BCUT2D eigenvalue weighted by Gasteiger charge is 2.05. The SMILES string of the molecule is COC(C)c1cc(F)cc(Br)c1. The zero-order valence-corrected chi connectivity index (χ0v) is 8.56. The first kappa shape index (κ1) is 9.68. The van der Waals surface area contributed by atoms with Crippen molar-refractivity contribution in [2.45, 2.75) is 13.0 Å². The molecule has 1 nitrogen and oxygen atoms in total. The molecule has 0 bridgehead atoms. The van der Waals surface area contributed by atoms with Crippen molar-refractivity contribution in [3.05, 3.63) is 34.1 Å². The van der Waals surface area contributed by atoms with Gasteiger partial charge in [-0.05, 0) is 30.7 Å². The van der Waals surface area contributed by atoms with Gasteiger partial charge in [-0.15, -0.1) is 0 Å². The van der Waals surface area contributed by atoms with Crippen molar-refractivity contribution in [1.29, 1.82) is 0 Å². The number of benzene rings is 1. The average molecular weight is 233 g/mol. The Hall–Kier alpha value is -0.410. The Bertz CT molecular complexity index is 255. The minimum Gasteiger partial charge on any atom is -0.377 e. The van der Waals surface area contributed by atoms with Crippen LogP contribution in [-0.2, 0) is 4.74 Å². The molecule has 1 aromatic rings. The van der Waals surface area contributed by atoms with Crippen LogP contribution in [0.2, 0.25) is 0 Å². The predicted octanol–water partition coefficient (Wildman–Crippen LogP) is 3.30. The van der Waals surface area contributed by atoms with Gasteiger partial charge in [-0.25, -0.2) is 4.39 Å². The Morgan fingerprint density at radius 3 is 2.58 bits per heavy atom. The van der Waals surface area contributed by atoms with Crippen LogP contribution in [0, 0.1) is 5.82 Å². The summed E-state index contributed by atoms with van der Waals surface area (Å²) in [6.07, 6.45) is -0.0722. The van der Waals surface area contributed by atoms with Crippen molar-refractivity contribution >= 4 is 15.9 Å². The third-order valence-corrected chi connectivity index (χ3v) is 2.17. The highest BCUT2D eigenvalue weighted by atomic mass is 79.9. The van der Waals surface area contributed by atoms with Crippen LogP contribution in [-0.4, -0.2) is 7.11 Å². The van der Waals surface area contributed by atoms with Gasteiger partial charge < -0.3 is 4.74 Å². The molecule has 0 N–H and O–H groups in total. The van der Waals surface area contributed by atoms with Crippen LogP contribution < -0.4 is 0 Å². The Balaban J connectivity index is 3.00. The summed E-state index contributed by atoms with van der Waals surface area (Å²) in [6.45, 7) is 1.88. The van der Waals surface area contributed by atoms with Gasteiger partial charge in [-0.1, -0.05) is 15.9 Å². The van der Waals surface area contributed by atoms with Crippen LogP contribution in [0.4, 0.5) is 4.39 Å². The first-order valence-electron chi connectivity index (χ1n) is 3.62. The van der Waals surface area contributed by atoms with E-state index in [4.69, 9.17) is 4.74 Å². The monoisotopic (exact) mass is 232 g/mol. The quantitative estimate of drug-likeness (QED) is 0.761. The van der Waals surface area contributed by atoms with Crippen LogP contribution in [0.1, 0.15) is 18.6 Å². The number of hydrogen-bond acceptors (Lipinski definition) is 1. The van der Waals surface area contributed by atoms with Crippen molar-refractivity contribution in [2.75, 3.05) is 7.11 Å². The van der Waals surface area contributed by atoms with Gasteiger partial charge in [-0.3, -0.25) is 0 Å². The lowest BCUT2D eigenvalue weighted by Gasteiger charge is -2.09. The van der Waals surface area contributed by atoms with E-state index in [0.717, 1.165) is 10.0 Å². The highest BCUT2D eigenvalue weighted by molar-refractivity contribution is 9.10. The van der Waals surface area contributed by atoms with Gasteiger partial charge in [0.25, 0.3) is 0 Å². The van der Waals surface area contributed by atoms with Gasteiger partial charge in [0.1, 0.15) is 5.82 Å². The molecule has 66 valence electrons. The molecule has 3 heteroatoms. The molecular weight excluding hydrogens is 223 g/mol. The second kappa shape index (κ2) is 4.01. The van der Waals surface area contributed by atoms with Gasteiger partial charge in [0.05, 0.1) is 6.10 Å². The third-order valence-electron chi connectivity index (χ3n) is 1.71. The summed E-state index contributed by atoms with van der Waals surface area (Å²) in [7, 11) is 1.60. The van der Waals surface area contributed by atoms with Gasteiger partial charge >= 0.3 is 0 Å². The maximum absolute atomic E-state index is 12.8. The summed E-state index contributed by atoms with van der Waals surface area (Å²) in [6, 6.07) is 4.74. The van der Waals surface area contributed by atoms with E-state index in [-0.39, 0.29) is 11.9 Å². The Labute approximate surface area is 79.7 Å². The topological polar surface area (TPSA) is 9.23 Å². The van der Waals surface area contributed by atoms with Gasteiger partial charge in [-0.2, -0.15) is 0 Å². The standard InChI is InChI=1S/C9H10BrFO/c1-6(12-2)7-3-8(10)5-9(11)4-7/h3-6H,1-2H3. The van der Waals surface area contributed by atoms with Crippen molar-refractivity contribution in [3.8, 4) is 0 Å². The third kappa shape index (κ3) is 2.29. The van der Waals surface area contributed by atoms with Crippen LogP contribution in [0.25, 0.3) is 0 Å². The molecule has 12 heavy (non-hydrogen) atoms. The second-order valence-electron chi connectivity index (χ2n) is 2.58. The Morgan fingerprint density at radius 1 is 1.42 bits per heavy atom. The summed E-state index contributed by atoms with van der Waals surface area (Å²) < 4.78 is 18.6. The fraction of sp³-hybridized carbons (Fsp3) is 0.333. The van der Waals surface area contributed by atoms with E-state index in [1.165, 1.54) is 12.1 Å². The lowest BCUT2D eigenvalue weighted by Crippen LogP contribution is -1.96. The fourth-order valence-corrected chi connectivity index (χ4v) is 1.43. The molecule has 1 rings (SSSR count). The summed E-state index contributed by atoms with van der Waals surface area (Å²) in [5.41, 5.74) is 0.837. The van der Waals surface area contributed by atoms with E-state index in [9.17, 15) is 4.39 Å². The summed E-state index contributed by atoms with van der Waals surface area (Å²) in [4.78, 5) is 0. The second-order valence-corrected chi connectivity index (χ2v) is 3.50. The van der Waals surface area contributed by atoms with Crippen LogP contribution in [0.15, 0.2) is 22.7 Å². The van der Waals surface area contributed by atoms with Crippen molar-refractivity contribution < 1.29 is 9.13 Å². The lowest BCUT2D eigenvalue weighted by atomic mass is 10.1. The van der Waals surface area contributed by atoms with E-state index in [0.29, 0.717) is 0 Å². The molecule has 0 amide bonds. The van der Waals surface area contributed by atoms with Crippen molar-refractivity contribution in [2.24, 2.45) is 0 Å². The number of halogens is 2. The Morgan fingerprint density at radius 2 is 2.08 bits per heavy atom. The zero-order chi connectivity index (χ0) is 9.14. The van der Waals surface area contributed by atoms with E-state index in [1.807, 2.05) is 13.0 Å². The molecule has 0 radical (unpaired) electrons. The van der Waals surface area contributed by atoms with Crippen molar-refractivity contribution in [3.63, 3.8) is 0 Å². The minimum atomic E-state index is -0.247. The fourth-order valence-electron chi connectivity index (χ4n) is 0.946. The molecule has 0 aliphatic carbocycles. The smallest absolute Gasteiger partial charge is 0.124 e. The summed E-state index contributed by atoms with van der Waals surface area (Å²) in [5.74, 6) is -0.247. The maximum Gasteiger partial charge on any atom is 0.124 e. The van der Waals surface area contributed by atoms with Gasteiger partial charge in [0, 0.05) is 11.6 Å². The van der Waals surface area contributed by atoms with E-state index in [2.05, 4.69) is 15.9 Å². The molecule has 0 fully saturated rings. The van der Waals surface area contributed by atoms with E-state index >= 15 is 0 Å². The summed E-state index contributed by atoms with van der Waals surface area (Å²) in [5, 5.41) is 0. The highest BCUT2D eigenvalue weighted by Crippen LogP contribution is 2.21. The first-order valence-corrected chi connectivity index (χ1v) is 4.41. The van der Waals surface area contributed by atoms with E-state index < -0.39 is 0 Å². The van der Waals surface area contributed by atoms with Crippen LogP contribution >= 0.6 is 15.9 Å². The van der Waals surface area contributed by atoms with Crippen molar-refractivity contribution in [1.82, 2.24) is 0 Å². The van der Waals surface area contributed by atoms with Gasteiger partial charge in [0.2, 0.25) is 0 Å². The molecule has 0 aliphatic heterocycles. The lowest BCUT2D eigenvalue weighted by molar-refractivity contribution is 0.119. The maximum atomic E-state index is 12.8. The number of methoxy groups -OCH3 is 1. The normalized spacial score (nSPS) is 13.0. The molecule has 0 aliphatic rings. The van der Waals surface area contributed by atoms with Crippen LogP contribution in [0.5, 0.6) is 0 Å². The van der Waals surface area contributed by atoms with Gasteiger partial charge in [0.15, 0.2) is 0 Å². The Kier molecular flexibility index (Phi) is 3.23. The molecule has 0 aromatic heterocycles. The zero-order valence-electron chi connectivity index (χ0n) is 6.97. The first-order chi connectivity index (χ1) is 5.63. The number of ether oxygens (including phenoxy) is 1. The molecular formula is C9H10BrFO. The molecule has 1 unspecified atom stereocenters.